The molecule has 3 aromatic rings. The van der Waals surface area contributed by atoms with Gasteiger partial charge in [-0.25, -0.2) is 13.1 Å². The standard InChI is InChI=1S/C26H21Cl2N3O6S/c1-3-24(32)31-38(35,36)23-6-4-5-21(15(23)2)30-25(33)14-37-22-8-7-18(27)12-20(22)26(34)17-9-16(13-29)10-19(28)11-17/h4-12H,3,14H2,1-2H3,(H,30,33)(H,31,32). The van der Waals surface area contributed by atoms with E-state index in [9.17, 15) is 28.1 Å². The highest BCUT2D eigenvalue weighted by atomic mass is 35.5. The number of halogens is 2. The second kappa shape index (κ2) is 12.1. The number of hydrogen-bond acceptors (Lipinski definition) is 7. The average Bonchev–Trinajstić information content (AvgIpc) is 2.87. The zero-order valence-electron chi connectivity index (χ0n) is 20.2. The number of amides is 2. The van der Waals surface area contributed by atoms with Gasteiger partial charge >= 0.3 is 0 Å². The number of nitrogens with zero attached hydrogens (tertiary/aromatic N) is 1. The lowest BCUT2D eigenvalue weighted by atomic mass is 10.0. The number of sulfonamides is 1. The van der Waals surface area contributed by atoms with Gasteiger partial charge in [-0.05, 0) is 61.0 Å². The summed E-state index contributed by atoms with van der Waals surface area (Å²) in [6, 6.07) is 14.6. The summed E-state index contributed by atoms with van der Waals surface area (Å²) in [5, 5.41) is 12.2. The van der Waals surface area contributed by atoms with E-state index in [1.807, 2.05) is 10.8 Å². The molecule has 0 atom stereocenters. The molecule has 0 saturated heterocycles. The number of rotatable bonds is 9. The van der Waals surface area contributed by atoms with Crippen molar-refractivity contribution in [2.75, 3.05) is 11.9 Å². The molecule has 2 amide bonds. The van der Waals surface area contributed by atoms with Crippen molar-refractivity contribution in [3.8, 4) is 11.8 Å². The minimum absolute atomic E-state index is 0.0158. The molecular formula is C26H21Cl2N3O6S. The summed E-state index contributed by atoms with van der Waals surface area (Å²) in [5.74, 6) is -1.77. The van der Waals surface area contributed by atoms with Crippen molar-refractivity contribution in [3.63, 3.8) is 0 Å². The quantitative estimate of drug-likeness (QED) is 0.355. The highest BCUT2D eigenvalue weighted by molar-refractivity contribution is 7.90. The third-order valence-electron chi connectivity index (χ3n) is 5.25. The first kappa shape index (κ1) is 28.7. The molecule has 0 aromatic heterocycles. The third-order valence-corrected chi connectivity index (χ3v) is 7.22. The molecule has 0 heterocycles. The van der Waals surface area contributed by atoms with Gasteiger partial charge in [0.2, 0.25) is 5.91 Å². The number of ether oxygens (including phenoxy) is 1. The Balaban J connectivity index is 1.80. The number of carbonyl (C=O) groups excluding carboxylic acids is 3. The van der Waals surface area contributed by atoms with E-state index >= 15 is 0 Å². The van der Waals surface area contributed by atoms with Crippen LogP contribution in [0.15, 0.2) is 59.5 Å². The number of nitrogens with one attached hydrogen (secondary N) is 2. The van der Waals surface area contributed by atoms with Gasteiger partial charge in [0, 0.05) is 27.7 Å². The third kappa shape index (κ3) is 6.89. The van der Waals surface area contributed by atoms with E-state index in [1.54, 1.807) is 0 Å². The molecule has 0 aliphatic rings. The SMILES string of the molecule is CCC(=O)NS(=O)(=O)c1cccc(NC(=O)COc2ccc(Cl)cc2C(=O)c2cc(Cl)cc(C#N)c2)c1C. The minimum atomic E-state index is -4.13. The Hall–Kier alpha value is -3.91. The van der Waals surface area contributed by atoms with Gasteiger partial charge in [0.05, 0.1) is 22.1 Å². The average molecular weight is 574 g/mol. The van der Waals surface area contributed by atoms with Gasteiger partial charge in [-0.2, -0.15) is 5.26 Å². The first-order chi connectivity index (χ1) is 17.9. The fourth-order valence-electron chi connectivity index (χ4n) is 3.39. The monoisotopic (exact) mass is 573 g/mol. The van der Waals surface area contributed by atoms with Crippen LogP contribution in [0.5, 0.6) is 5.75 Å². The maximum Gasteiger partial charge on any atom is 0.264 e. The van der Waals surface area contributed by atoms with E-state index < -0.39 is 34.2 Å². The van der Waals surface area contributed by atoms with Gasteiger partial charge in [-0.1, -0.05) is 36.2 Å². The molecular weight excluding hydrogens is 553 g/mol. The Bertz CT molecular complexity index is 1580. The van der Waals surface area contributed by atoms with Crippen LogP contribution in [-0.2, 0) is 19.6 Å². The smallest absolute Gasteiger partial charge is 0.264 e. The van der Waals surface area contributed by atoms with Crippen LogP contribution in [-0.4, -0.2) is 32.6 Å². The summed E-state index contributed by atoms with van der Waals surface area (Å²) in [5.41, 5.74) is 0.787. The molecule has 0 saturated carbocycles. The van der Waals surface area contributed by atoms with Gasteiger partial charge < -0.3 is 10.1 Å². The predicted octanol–water partition coefficient (Wildman–Crippen LogP) is 4.64. The molecule has 38 heavy (non-hydrogen) atoms. The van der Waals surface area contributed by atoms with Gasteiger partial charge in [0.25, 0.3) is 15.9 Å². The normalized spacial score (nSPS) is 10.8. The molecule has 3 rings (SSSR count). The van der Waals surface area contributed by atoms with Crippen LogP contribution in [0.4, 0.5) is 5.69 Å². The van der Waals surface area contributed by atoms with E-state index in [-0.39, 0.29) is 55.1 Å². The lowest BCUT2D eigenvalue weighted by Gasteiger charge is -2.15. The molecule has 12 heteroatoms. The molecule has 196 valence electrons. The maximum atomic E-state index is 13.2. The number of nitriles is 1. The summed E-state index contributed by atoms with van der Waals surface area (Å²) in [6.45, 7) is 2.48. The Morgan fingerprint density at radius 2 is 1.74 bits per heavy atom. The van der Waals surface area contributed by atoms with Crippen LogP contribution >= 0.6 is 23.2 Å². The van der Waals surface area contributed by atoms with Gasteiger partial charge in [0.1, 0.15) is 5.75 Å². The summed E-state index contributed by atoms with van der Waals surface area (Å²) in [4.78, 5) is 37.2. The number of ketones is 1. The molecule has 0 spiro atoms. The summed E-state index contributed by atoms with van der Waals surface area (Å²) >= 11 is 12.1. The Labute approximate surface area is 229 Å². The molecule has 0 aliphatic heterocycles. The van der Waals surface area contributed by atoms with Crippen LogP contribution < -0.4 is 14.8 Å². The predicted molar refractivity (Wildman–Crippen MR) is 142 cm³/mol. The number of hydrogen-bond donors (Lipinski definition) is 2. The van der Waals surface area contributed by atoms with E-state index in [2.05, 4.69) is 5.32 Å². The van der Waals surface area contributed by atoms with Gasteiger partial charge in [0.15, 0.2) is 12.4 Å². The fraction of sp³-hybridized carbons (Fsp3) is 0.154. The molecule has 0 unspecified atom stereocenters. The molecule has 2 N–H and O–H groups in total. The largest absolute Gasteiger partial charge is 0.483 e. The highest BCUT2D eigenvalue weighted by Gasteiger charge is 2.22. The van der Waals surface area contributed by atoms with Crippen LogP contribution in [0.3, 0.4) is 0 Å². The number of benzene rings is 3. The van der Waals surface area contributed by atoms with Crippen molar-refractivity contribution in [1.82, 2.24) is 4.72 Å². The van der Waals surface area contributed by atoms with E-state index in [4.69, 9.17) is 27.9 Å². The first-order valence-electron chi connectivity index (χ1n) is 11.1. The molecule has 3 aromatic carbocycles. The van der Waals surface area contributed by atoms with Crippen molar-refractivity contribution in [1.29, 1.82) is 5.26 Å². The van der Waals surface area contributed by atoms with E-state index in [1.165, 1.54) is 68.4 Å². The maximum absolute atomic E-state index is 13.2. The van der Waals surface area contributed by atoms with Crippen molar-refractivity contribution >= 4 is 56.5 Å². The van der Waals surface area contributed by atoms with Crippen molar-refractivity contribution in [3.05, 3.63) is 86.9 Å². The van der Waals surface area contributed by atoms with Crippen LogP contribution in [0.1, 0.15) is 40.4 Å². The molecule has 0 radical (unpaired) electrons. The lowest BCUT2D eigenvalue weighted by Crippen LogP contribution is -2.30. The topological polar surface area (TPSA) is 142 Å². The summed E-state index contributed by atoms with van der Waals surface area (Å²) in [7, 11) is -4.13. The Kier molecular flexibility index (Phi) is 9.12. The molecule has 9 nitrogen and oxygen atoms in total. The highest BCUT2D eigenvalue weighted by Crippen LogP contribution is 2.28. The summed E-state index contributed by atoms with van der Waals surface area (Å²) < 4.78 is 32.6. The molecule has 0 bridgehead atoms. The lowest BCUT2D eigenvalue weighted by molar-refractivity contribution is -0.119. The molecule has 0 aliphatic carbocycles. The van der Waals surface area contributed by atoms with E-state index in [0.29, 0.717) is 0 Å². The number of anilines is 1. The summed E-state index contributed by atoms with van der Waals surface area (Å²) in [6.07, 6.45) is -0.0158. The fourth-order valence-corrected chi connectivity index (χ4v) is 5.13. The van der Waals surface area contributed by atoms with Crippen LogP contribution in [0.2, 0.25) is 10.0 Å². The van der Waals surface area contributed by atoms with Crippen molar-refractivity contribution in [2.24, 2.45) is 0 Å². The minimum Gasteiger partial charge on any atom is -0.483 e. The van der Waals surface area contributed by atoms with Crippen LogP contribution in [0, 0.1) is 18.3 Å². The van der Waals surface area contributed by atoms with Crippen LogP contribution in [0.25, 0.3) is 0 Å². The van der Waals surface area contributed by atoms with Crippen molar-refractivity contribution in [2.45, 2.75) is 25.2 Å². The molecule has 0 fully saturated rings. The first-order valence-corrected chi connectivity index (χ1v) is 13.3. The number of carbonyl (C=O) groups is 3. The van der Waals surface area contributed by atoms with Crippen molar-refractivity contribution < 1.29 is 27.5 Å². The Morgan fingerprint density at radius 1 is 1.00 bits per heavy atom. The zero-order chi connectivity index (χ0) is 28.0. The van der Waals surface area contributed by atoms with Gasteiger partial charge in [-0.3, -0.25) is 14.4 Å². The van der Waals surface area contributed by atoms with E-state index in [0.717, 1.165) is 0 Å². The van der Waals surface area contributed by atoms with Gasteiger partial charge in [-0.15, -0.1) is 0 Å². The zero-order valence-corrected chi connectivity index (χ0v) is 22.5. The Morgan fingerprint density at radius 3 is 2.42 bits per heavy atom. The second-order valence-electron chi connectivity index (χ2n) is 7.96. The second-order valence-corrected chi connectivity index (χ2v) is 10.5.